The molecule has 6 heteroatoms. The maximum absolute atomic E-state index is 11.6. The highest BCUT2D eigenvalue weighted by molar-refractivity contribution is 5.96. The number of rotatable bonds is 4. The van der Waals surface area contributed by atoms with Crippen LogP contribution in [0.15, 0.2) is 12.1 Å². The van der Waals surface area contributed by atoms with Gasteiger partial charge in [-0.25, -0.2) is 4.79 Å². The standard InChI is InChI=1S/C14H20N2O4/c1-18-13-7-10(14(17)19-2)11(15)8-12(13)16-9-3-5-20-6-4-9/h7-9,16H,3-6,15H2,1-2H3. The Balaban J connectivity index is 2.23. The SMILES string of the molecule is COC(=O)c1cc(OC)c(NC2CCOCC2)cc1N. The average molecular weight is 280 g/mol. The Morgan fingerprint density at radius 3 is 2.65 bits per heavy atom. The number of benzene rings is 1. The van der Waals surface area contributed by atoms with Crippen molar-refractivity contribution in [3.8, 4) is 5.75 Å². The summed E-state index contributed by atoms with van der Waals surface area (Å²) in [7, 11) is 2.88. The van der Waals surface area contributed by atoms with Gasteiger partial charge in [0.1, 0.15) is 5.75 Å². The Morgan fingerprint density at radius 1 is 1.35 bits per heavy atom. The monoisotopic (exact) mass is 280 g/mol. The number of ether oxygens (including phenoxy) is 3. The lowest BCUT2D eigenvalue weighted by Gasteiger charge is -2.25. The normalized spacial score (nSPS) is 15.7. The van der Waals surface area contributed by atoms with Crippen LogP contribution in [-0.4, -0.2) is 39.4 Å². The minimum absolute atomic E-state index is 0.307. The molecule has 0 aliphatic carbocycles. The number of carbonyl (C=O) groups excluding carboxylic acids is 1. The quantitative estimate of drug-likeness (QED) is 0.644. The first-order valence-corrected chi connectivity index (χ1v) is 6.55. The molecular formula is C14H20N2O4. The van der Waals surface area contributed by atoms with Crippen LogP contribution in [0.2, 0.25) is 0 Å². The number of nitrogens with two attached hydrogens (primary N) is 1. The molecule has 0 atom stereocenters. The molecule has 110 valence electrons. The van der Waals surface area contributed by atoms with Crippen LogP contribution in [0.4, 0.5) is 11.4 Å². The van der Waals surface area contributed by atoms with E-state index in [1.54, 1.807) is 19.2 Å². The van der Waals surface area contributed by atoms with E-state index < -0.39 is 5.97 Å². The van der Waals surface area contributed by atoms with Crippen molar-refractivity contribution in [2.24, 2.45) is 0 Å². The molecule has 0 spiro atoms. The molecule has 0 aromatic heterocycles. The summed E-state index contributed by atoms with van der Waals surface area (Å²) < 4.78 is 15.3. The summed E-state index contributed by atoms with van der Waals surface area (Å²) in [6, 6.07) is 3.63. The van der Waals surface area contributed by atoms with Crippen molar-refractivity contribution in [3.63, 3.8) is 0 Å². The van der Waals surface area contributed by atoms with E-state index in [4.69, 9.17) is 19.9 Å². The minimum atomic E-state index is -0.474. The topological polar surface area (TPSA) is 82.8 Å². The molecule has 3 N–H and O–H groups in total. The maximum Gasteiger partial charge on any atom is 0.340 e. The molecule has 1 saturated heterocycles. The number of anilines is 2. The third kappa shape index (κ3) is 3.14. The summed E-state index contributed by atoms with van der Waals surface area (Å²) in [4.78, 5) is 11.6. The fraction of sp³-hybridized carbons (Fsp3) is 0.500. The predicted molar refractivity (Wildman–Crippen MR) is 76.2 cm³/mol. The Hall–Kier alpha value is -1.95. The number of nitrogens with one attached hydrogen (secondary N) is 1. The molecule has 20 heavy (non-hydrogen) atoms. The van der Waals surface area contributed by atoms with Gasteiger partial charge in [0.25, 0.3) is 0 Å². The number of hydrogen-bond acceptors (Lipinski definition) is 6. The fourth-order valence-electron chi connectivity index (χ4n) is 2.23. The zero-order valence-electron chi connectivity index (χ0n) is 11.8. The number of nitrogen functional groups attached to an aromatic ring is 1. The van der Waals surface area contributed by atoms with Crippen LogP contribution in [0.25, 0.3) is 0 Å². The Bertz CT molecular complexity index is 484. The number of carbonyl (C=O) groups is 1. The molecule has 1 aromatic rings. The van der Waals surface area contributed by atoms with Crippen LogP contribution >= 0.6 is 0 Å². The summed E-state index contributed by atoms with van der Waals surface area (Å²) in [5.74, 6) is 0.101. The molecule has 0 amide bonds. The van der Waals surface area contributed by atoms with Gasteiger partial charge in [0.2, 0.25) is 0 Å². The second-order valence-electron chi connectivity index (χ2n) is 4.66. The first-order valence-electron chi connectivity index (χ1n) is 6.55. The summed E-state index contributed by atoms with van der Waals surface area (Å²) in [5.41, 5.74) is 7.36. The highest BCUT2D eigenvalue weighted by Gasteiger charge is 2.19. The largest absolute Gasteiger partial charge is 0.495 e. The molecule has 0 bridgehead atoms. The fourth-order valence-corrected chi connectivity index (χ4v) is 2.23. The zero-order valence-corrected chi connectivity index (χ0v) is 11.8. The summed E-state index contributed by atoms with van der Waals surface area (Å²) in [6.45, 7) is 1.49. The lowest BCUT2D eigenvalue weighted by molar-refractivity contribution is 0.0601. The molecular weight excluding hydrogens is 260 g/mol. The molecule has 0 saturated carbocycles. The molecule has 1 aromatic carbocycles. The van der Waals surface area contributed by atoms with Crippen LogP contribution in [-0.2, 0) is 9.47 Å². The van der Waals surface area contributed by atoms with Gasteiger partial charge in [-0.05, 0) is 25.0 Å². The van der Waals surface area contributed by atoms with Crippen molar-refractivity contribution < 1.29 is 19.0 Å². The molecule has 2 rings (SSSR count). The van der Waals surface area contributed by atoms with E-state index in [-0.39, 0.29) is 0 Å². The summed E-state index contributed by atoms with van der Waals surface area (Å²) in [5, 5.41) is 3.39. The van der Waals surface area contributed by atoms with Gasteiger partial charge in [0, 0.05) is 24.9 Å². The smallest absolute Gasteiger partial charge is 0.340 e. The van der Waals surface area contributed by atoms with Crippen molar-refractivity contribution in [3.05, 3.63) is 17.7 Å². The molecule has 1 aliphatic rings. The molecule has 0 radical (unpaired) electrons. The van der Waals surface area contributed by atoms with Crippen molar-refractivity contribution in [2.75, 3.05) is 38.5 Å². The van der Waals surface area contributed by atoms with Gasteiger partial charge in [-0.15, -0.1) is 0 Å². The maximum atomic E-state index is 11.6. The van der Waals surface area contributed by atoms with Gasteiger partial charge in [-0.2, -0.15) is 0 Å². The van der Waals surface area contributed by atoms with Crippen LogP contribution in [0.1, 0.15) is 23.2 Å². The predicted octanol–water partition coefficient (Wildman–Crippen LogP) is 1.65. The molecule has 1 heterocycles. The van der Waals surface area contributed by atoms with Gasteiger partial charge in [-0.3, -0.25) is 0 Å². The molecule has 0 unspecified atom stereocenters. The lowest BCUT2D eigenvalue weighted by atomic mass is 10.1. The van der Waals surface area contributed by atoms with Crippen LogP contribution in [0.3, 0.4) is 0 Å². The minimum Gasteiger partial charge on any atom is -0.495 e. The number of hydrogen-bond donors (Lipinski definition) is 2. The lowest BCUT2D eigenvalue weighted by Crippen LogP contribution is -2.28. The van der Waals surface area contributed by atoms with E-state index in [9.17, 15) is 4.79 Å². The Kier molecular flexibility index (Phi) is 4.68. The first-order chi connectivity index (χ1) is 9.65. The van der Waals surface area contributed by atoms with E-state index in [1.807, 2.05) is 0 Å². The third-order valence-electron chi connectivity index (χ3n) is 3.36. The first kappa shape index (κ1) is 14.5. The van der Waals surface area contributed by atoms with Crippen molar-refractivity contribution in [2.45, 2.75) is 18.9 Å². The summed E-state index contributed by atoms with van der Waals surface area (Å²) >= 11 is 0. The van der Waals surface area contributed by atoms with Crippen LogP contribution in [0.5, 0.6) is 5.75 Å². The van der Waals surface area contributed by atoms with Gasteiger partial charge in [0.15, 0.2) is 0 Å². The third-order valence-corrected chi connectivity index (χ3v) is 3.36. The van der Waals surface area contributed by atoms with E-state index in [2.05, 4.69) is 5.32 Å². The van der Waals surface area contributed by atoms with Gasteiger partial charge < -0.3 is 25.3 Å². The van der Waals surface area contributed by atoms with E-state index in [1.165, 1.54) is 7.11 Å². The van der Waals surface area contributed by atoms with Crippen molar-refractivity contribution >= 4 is 17.3 Å². The van der Waals surface area contributed by atoms with Crippen LogP contribution in [0, 0.1) is 0 Å². The van der Waals surface area contributed by atoms with E-state index in [0.29, 0.717) is 23.0 Å². The Labute approximate surface area is 118 Å². The van der Waals surface area contributed by atoms with Gasteiger partial charge in [-0.1, -0.05) is 0 Å². The van der Waals surface area contributed by atoms with Crippen molar-refractivity contribution in [1.82, 2.24) is 0 Å². The number of methoxy groups -OCH3 is 2. The zero-order chi connectivity index (χ0) is 14.5. The second kappa shape index (κ2) is 6.47. The summed E-state index contributed by atoms with van der Waals surface area (Å²) in [6.07, 6.45) is 1.86. The van der Waals surface area contributed by atoms with Crippen LogP contribution < -0.4 is 15.8 Å². The highest BCUT2D eigenvalue weighted by atomic mass is 16.5. The van der Waals surface area contributed by atoms with Gasteiger partial charge in [0.05, 0.1) is 25.5 Å². The average Bonchev–Trinajstić information content (AvgIpc) is 2.48. The molecule has 1 fully saturated rings. The van der Waals surface area contributed by atoms with Gasteiger partial charge >= 0.3 is 5.97 Å². The van der Waals surface area contributed by atoms with Crippen molar-refractivity contribution in [1.29, 1.82) is 0 Å². The highest BCUT2D eigenvalue weighted by Crippen LogP contribution is 2.31. The van der Waals surface area contributed by atoms with E-state index in [0.717, 1.165) is 31.7 Å². The second-order valence-corrected chi connectivity index (χ2v) is 4.66. The Morgan fingerprint density at radius 2 is 2.05 bits per heavy atom. The van der Waals surface area contributed by atoms with E-state index >= 15 is 0 Å². The number of esters is 1. The molecule has 6 nitrogen and oxygen atoms in total. The molecule has 1 aliphatic heterocycles.